The zero-order valence-corrected chi connectivity index (χ0v) is 9.38. The minimum Gasteiger partial charge on any atom is -0.380 e. The first-order valence-electron chi connectivity index (χ1n) is 4.87. The highest BCUT2D eigenvalue weighted by Crippen LogP contribution is 2.23. The van der Waals surface area contributed by atoms with Crippen molar-refractivity contribution >= 4 is 17.3 Å². The lowest BCUT2D eigenvalue weighted by Crippen LogP contribution is -2.27. The molecule has 4 heteroatoms. The first kappa shape index (κ1) is 11.8. The van der Waals surface area contributed by atoms with Gasteiger partial charge in [0.15, 0.2) is 0 Å². The van der Waals surface area contributed by atoms with Crippen LogP contribution in [-0.2, 0) is 0 Å². The molecule has 0 amide bonds. The van der Waals surface area contributed by atoms with Crippen molar-refractivity contribution in [3.63, 3.8) is 0 Å². The summed E-state index contributed by atoms with van der Waals surface area (Å²) < 4.78 is 0. The largest absolute Gasteiger partial charge is 0.380 e. The highest BCUT2D eigenvalue weighted by atomic mass is 35.5. The molecule has 1 atom stereocenters. The SMILES string of the molecule is CCC(CN)Nc1ccc(C#N)cc1Cl. The Kier molecular flexibility index (Phi) is 4.41. The van der Waals surface area contributed by atoms with E-state index in [1.54, 1.807) is 18.2 Å². The fraction of sp³-hybridized carbons (Fsp3) is 0.364. The van der Waals surface area contributed by atoms with E-state index in [0.717, 1.165) is 12.1 Å². The fourth-order valence-electron chi connectivity index (χ4n) is 1.25. The quantitative estimate of drug-likeness (QED) is 0.824. The van der Waals surface area contributed by atoms with Gasteiger partial charge in [-0.3, -0.25) is 0 Å². The first-order valence-corrected chi connectivity index (χ1v) is 5.25. The topological polar surface area (TPSA) is 61.8 Å². The van der Waals surface area contributed by atoms with Crippen molar-refractivity contribution in [2.24, 2.45) is 5.73 Å². The van der Waals surface area contributed by atoms with E-state index in [2.05, 4.69) is 12.2 Å². The Morgan fingerprint density at radius 2 is 2.33 bits per heavy atom. The van der Waals surface area contributed by atoms with E-state index in [9.17, 15) is 0 Å². The Hall–Kier alpha value is -1.24. The maximum Gasteiger partial charge on any atom is 0.0992 e. The van der Waals surface area contributed by atoms with Gasteiger partial charge in [-0.1, -0.05) is 18.5 Å². The molecular formula is C11H14ClN3. The molecule has 0 aliphatic rings. The monoisotopic (exact) mass is 223 g/mol. The van der Waals surface area contributed by atoms with Gasteiger partial charge in [0.25, 0.3) is 0 Å². The highest BCUT2D eigenvalue weighted by Gasteiger charge is 2.06. The third-order valence-electron chi connectivity index (χ3n) is 2.24. The number of benzene rings is 1. The summed E-state index contributed by atoms with van der Waals surface area (Å²) >= 11 is 6.01. The second-order valence-corrected chi connectivity index (χ2v) is 3.70. The molecule has 0 spiro atoms. The Morgan fingerprint density at radius 1 is 1.60 bits per heavy atom. The predicted molar refractivity (Wildman–Crippen MR) is 62.9 cm³/mol. The molecule has 1 aromatic rings. The number of anilines is 1. The van der Waals surface area contributed by atoms with Gasteiger partial charge in [-0.15, -0.1) is 0 Å². The van der Waals surface area contributed by atoms with Gasteiger partial charge in [0.1, 0.15) is 0 Å². The summed E-state index contributed by atoms with van der Waals surface area (Å²) in [7, 11) is 0. The molecule has 0 aromatic heterocycles. The van der Waals surface area contributed by atoms with E-state index < -0.39 is 0 Å². The van der Waals surface area contributed by atoms with Crippen LogP contribution >= 0.6 is 11.6 Å². The van der Waals surface area contributed by atoms with Gasteiger partial charge >= 0.3 is 0 Å². The minimum absolute atomic E-state index is 0.218. The number of halogens is 1. The molecule has 0 saturated heterocycles. The lowest BCUT2D eigenvalue weighted by Gasteiger charge is -2.17. The molecule has 1 unspecified atom stereocenters. The first-order chi connectivity index (χ1) is 7.21. The number of nitrogens with two attached hydrogens (primary N) is 1. The fourth-order valence-corrected chi connectivity index (χ4v) is 1.48. The van der Waals surface area contributed by atoms with E-state index in [4.69, 9.17) is 22.6 Å². The van der Waals surface area contributed by atoms with Crippen molar-refractivity contribution in [3.8, 4) is 6.07 Å². The van der Waals surface area contributed by atoms with Crippen molar-refractivity contribution in [2.75, 3.05) is 11.9 Å². The summed E-state index contributed by atoms with van der Waals surface area (Å²) in [4.78, 5) is 0. The normalized spacial score (nSPS) is 11.9. The molecule has 1 rings (SSSR count). The number of hydrogen-bond donors (Lipinski definition) is 2. The standard InChI is InChI=1S/C11H14ClN3/c1-2-9(7-14)15-11-4-3-8(6-13)5-10(11)12/h3-5,9,15H,2,7,14H2,1H3. The molecule has 0 aliphatic carbocycles. The van der Waals surface area contributed by atoms with Crippen molar-refractivity contribution in [3.05, 3.63) is 28.8 Å². The Bertz CT molecular complexity index is 367. The van der Waals surface area contributed by atoms with Crippen LogP contribution in [0, 0.1) is 11.3 Å². The van der Waals surface area contributed by atoms with Crippen molar-refractivity contribution in [1.29, 1.82) is 5.26 Å². The summed E-state index contributed by atoms with van der Waals surface area (Å²) in [5, 5.41) is 12.5. The molecule has 0 heterocycles. The minimum atomic E-state index is 0.218. The van der Waals surface area contributed by atoms with Gasteiger partial charge in [0.2, 0.25) is 0 Å². The molecule has 1 aromatic carbocycles. The smallest absolute Gasteiger partial charge is 0.0992 e. The van der Waals surface area contributed by atoms with Gasteiger partial charge in [-0.25, -0.2) is 0 Å². The van der Waals surface area contributed by atoms with Gasteiger partial charge in [-0.2, -0.15) is 5.26 Å². The summed E-state index contributed by atoms with van der Waals surface area (Å²) in [6.45, 7) is 2.62. The maximum atomic E-state index is 8.68. The number of nitriles is 1. The van der Waals surface area contributed by atoms with E-state index in [1.165, 1.54) is 0 Å². The molecule has 0 aliphatic heterocycles. The summed E-state index contributed by atoms with van der Waals surface area (Å²) in [5.74, 6) is 0. The molecule has 3 nitrogen and oxygen atoms in total. The average molecular weight is 224 g/mol. The molecule has 0 saturated carbocycles. The lowest BCUT2D eigenvalue weighted by molar-refractivity contribution is 0.704. The Morgan fingerprint density at radius 3 is 2.80 bits per heavy atom. The third kappa shape index (κ3) is 3.12. The van der Waals surface area contributed by atoms with Crippen LogP contribution < -0.4 is 11.1 Å². The molecular weight excluding hydrogens is 210 g/mol. The zero-order chi connectivity index (χ0) is 11.3. The lowest BCUT2D eigenvalue weighted by atomic mass is 10.2. The van der Waals surface area contributed by atoms with Crippen LogP contribution in [0.3, 0.4) is 0 Å². The van der Waals surface area contributed by atoms with Crippen LogP contribution in [0.4, 0.5) is 5.69 Å². The van der Waals surface area contributed by atoms with Crippen LogP contribution in [0.25, 0.3) is 0 Å². The van der Waals surface area contributed by atoms with Gasteiger partial charge in [0.05, 0.1) is 22.3 Å². The molecule has 80 valence electrons. The van der Waals surface area contributed by atoms with E-state index in [0.29, 0.717) is 17.1 Å². The van der Waals surface area contributed by atoms with Crippen LogP contribution in [0.1, 0.15) is 18.9 Å². The molecule has 0 fully saturated rings. The molecule has 0 bridgehead atoms. The summed E-state index contributed by atoms with van der Waals surface area (Å²) in [6, 6.07) is 7.44. The number of nitrogens with one attached hydrogen (secondary N) is 1. The van der Waals surface area contributed by atoms with Crippen LogP contribution in [0.15, 0.2) is 18.2 Å². The summed E-state index contributed by atoms with van der Waals surface area (Å²) in [6.07, 6.45) is 0.937. The second kappa shape index (κ2) is 5.59. The second-order valence-electron chi connectivity index (χ2n) is 3.29. The van der Waals surface area contributed by atoms with Crippen molar-refractivity contribution < 1.29 is 0 Å². The van der Waals surface area contributed by atoms with E-state index >= 15 is 0 Å². The van der Waals surface area contributed by atoms with Crippen LogP contribution in [0.2, 0.25) is 5.02 Å². The Balaban J connectivity index is 2.83. The molecule has 0 radical (unpaired) electrons. The van der Waals surface area contributed by atoms with Crippen LogP contribution in [-0.4, -0.2) is 12.6 Å². The van der Waals surface area contributed by atoms with Gasteiger partial charge in [0, 0.05) is 12.6 Å². The summed E-state index contributed by atoms with van der Waals surface area (Å²) in [5.41, 5.74) is 6.97. The number of hydrogen-bond acceptors (Lipinski definition) is 3. The zero-order valence-electron chi connectivity index (χ0n) is 8.63. The third-order valence-corrected chi connectivity index (χ3v) is 2.55. The average Bonchev–Trinajstić information content (AvgIpc) is 2.27. The van der Waals surface area contributed by atoms with Crippen LogP contribution in [0.5, 0.6) is 0 Å². The van der Waals surface area contributed by atoms with E-state index in [1.807, 2.05) is 6.07 Å². The highest BCUT2D eigenvalue weighted by molar-refractivity contribution is 6.33. The maximum absolute atomic E-state index is 8.68. The Labute approximate surface area is 94.8 Å². The predicted octanol–water partition coefficient (Wildman–Crippen LogP) is 2.36. The van der Waals surface area contributed by atoms with Crippen molar-refractivity contribution in [1.82, 2.24) is 0 Å². The number of rotatable bonds is 4. The van der Waals surface area contributed by atoms with E-state index in [-0.39, 0.29) is 6.04 Å². The number of nitrogens with zero attached hydrogens (tertiary/aromatic N) is 1. The molecule has 3 N–H and O–H groups in total. The van der Waals surface area contributed by atoms with Gasteiger partial charge < -0.3 is 11.1 Å². The van der Waals surface area contributed by atoms with Gasteiger partial charge in [-0.05, 0) is 24.6 Å². The molecule has 15 heavy (non-hydrogen) atoms. The van der Waals surface area contributed by atoms with Crippen molar-refractivity contribution in [2.45, 2.75) is 19.4 Å².